The van der Waals surface area contributed by atoms with Gasteiger partial charge in [-0.05, 0) is 57.6 Å². The van der Waals surface area contributed by atoms with E-state index >= 15 is 0 Å². The number of esters is 1. The molecule has 7 heteroatoms. The van der Waals surface area contributed by atoms with Crippen LogP contribution in [0.3, 0.4) is 0 Å². The number of rotatable bonds is 30. The number of carbonyl (C=O) groups is 3. The highest BCUT2D eigenvalue weighted by atomic mass is 16.5. The zero-order valence-electron chi connectivity index (χ0n) is 26.6. The Hall–Kier alpha value is -1.89. The molecule has 41 heavy (non-hydrogen) atoms. The van der Waals surface area contributed by atoms with Crippen LogP contribution in [-0.2, 0) is 19.1 Å². The molecular weight excluding hydrogens is 516 g/mol. The van der Waals surface area contributed by atoms with Gasteiger partial charge in [-0.2, -0.15) is 0 Å². The van der Waals surface area contributed by atoms with Gasteiger partial charge in [-0.1, -0.05) is 116 Å². The standard InChI is InChI=1S/C34H64N2O5/c1-3-5-7-8-9-10-11-12-13-14-15-16-22-28-33(38)41-30(24-19-6-4-2)25-20-17-18-21-27-32(37)36-31(34(39)40)26-23-29-35/h19,24,30-31H,3-18,20-23,25-29,35H2,1-2H3,(H,36,37)(H,39,40)/b24-19-. The SMILES string of the molecule is CCC/C=C\C(CCCCCCC(=O)NC(CCCN)C(=O)O)OC(=O)CCCCCCCCCCCCCCC. The van der Waals surface area contributed by atoms with Gasteiger partial charge in [0.05, 0.1) is 0 Å². The van der Waals surface area contributed by atoms with Crippen molar-refractivity contribution in [3.63, 3.8) is 0 Å². The number of aliphatic carboxylic acids is 1. The molecule has 0 radical (unpaired) electrons. The topological polar surface area (TPSA) is 119 Å². The Balaban J connectivity index is 4.02. The van der Waals surface area contributed by atoms with Crippen LogP contribution < -0.4 is 11.1 Å². The van der Waals surface area contributed by atoms with Crippen molar-refractivity contribution in [1.29, 1.82) is 0 Å². The second-order valence-corrected chi connectivity index (χ2v) is 11.6. The van der Waals surface area contributed by atoms with Gasteiger partial charge in [0.25, 0.3) is 0 Å². The number of unbranched alkanes of at least 4 members (excludes halogenated alkanes) is 16. The van der Waals surface area contributed by atoms with Crippen molar-refractivity contribution in [2.45, 2.75) is 180 Å². The van der Waals surface area contributed by atoms with E-state index in [4.69, 9.17) is 10.5 Å². The maximum absolute atomic E-state index is 12.5. The molecule has 4 N–H and O–H groups in total. The minimum absolute atomic E-state index is 0.0986. The molecule has 2 unspecified atom stereocenters. The Morgan fingerprint density at radius 1 is 0.707 bits per heavy atom. The Kier molecular flexibility index (Phi) is 28.2. The summed E-state index contributed by atoms with van der Waals surface area (Å²) >= 11 is 0. The van der Waals surface area contributed by atoms with Gasteiger partial charge in [-0.25, -0.2) is 4.79 Å². The number of carboxylic acid groups (broad SMARTS) is 1. The summed E-state index contributed by atoms with van der Waals surface area (Å²) in [5, 5.41) is 11.8. The van der Waals surface area contributed by atoms with Gasteiger partial charge < -0.3 is 20.9 Å². The lowest BCUT2D eigenvalue weighted by Crippen LogP contribution is -2.40. The third-order valence-corrected chi connectivity index (χ3v) is 7.55. The summed E-state index contributed by atoms with van der Waals surface area (Å²) in [7, 11) is 0. The predicted molar refractivity (Wildman–Crippen MR) is 170 cm³/mol. The largest absolute Gasteiger partial charge is 0.480 e. The summed E-state index contributed by atoms with van der Waals surface area (Å²) < 4.78 is 5.79. The van der Waals surface area contributed by atoms with Crippen LogP contribution in [0.1, 0.15) is 168 Å². The van der Waals surface area contributed by atoms with E-state index in [1.165, 1.54) is 70.6 Å². The number of ether oxygens (including phenoxy) is 1. The smallest absolute Gasteiger partial charge is 0.326 e. The molecule has 0 aliphatic rings. The van der Waals surface area contributed by atoms with Crippen molar-refractivity contribution in [2.24, 2.45) is 5.73 Å². The van der Waals surface area contributed by atoms with Crippen molar-refractivity contribution < 1.29 is 24.2 Å². The number of amides is 1. The van der Waals surface area contributed by atoms with E-state index in [1.807, 2.05) is 6.08 Å². The van der Waals surface area contributed by atoms with Gasteiger partial charge in [-0.3, -0.25) is 9.59 Å². The second kappa shape index (κ2) is 29.6. The van der Waals surface area contributed by atoms with Crippen LogP contribution in [0.5, 0.6) is 0 Å². The fourth-order valence-corrected chi connectivity index (χ4v) is 4.95. The molecule has 0 heterocycles. The number of nitrogens with two attached hydrogens (primary N) is 1. The molecule has 0 saturated heterocycles. The van der Waals surface area contributed by atoms with E-state index in [0.717, 1.165) is 51.4 Å². The minimum atomic E-state index is -1.02. The molecule has 0 aliphatic heterocycles. The minimum Gasteiger partial charge on any atom is -0.480 e. The van der Waals surface area contributed by atoms with Crippen molar-refractivity contribution in [2.75, 3.05) is 6.54 Å². The molecule has 0 bridgehead atoms. The van der Waals surface area contributed by atoms with Crippen LogP contribution in [0.15, 0.2) is 12.2 Å². The van der Waals surface area contributed by atoms with E-state index < -0.39 is 12.0 Å². The zero-order chi connectivity index (χ0) is 30.4. The molecule has 0 aromatic heterocycles. The van der Waals surface area contributed by atoms with E-state index in [2.05, 4.69) is 25.2 Å². The molecule has 0 fully saturated rings. The van der Waals surface area contributed by atoms with Gasteiger partial charge in [0.1, 0.15) is 12.1 Å². The molecule has 0 spiro atoms. The third kappa shape index (κ3) is 26.7. The first-order chi connectivity index (χ1) is 19.9. The Bertz CT molecular complexity index is 668. The lowest BCUT2D eigenvalue weighted by atomic mass is 10.0. The molecular formula is C34H64N2O5. The summed E-state index contributed by atoms with van der Waals surface area (Å²) in [5.41, 5.74) is 5.44. The zero-order valence-corrected chi connectivity index (χ0v) is 26.6. The lowest BCUT2D eigenvalue weighted by molar-refractivity contribution is -0.147. The summed E-state index contributed by atoms with van der Waals surface area (Å²) in [4.78, 5) is 35.8. The van der Waals surface area contributed by atoms with E-state index in [1.54, 1.807) is 0 Å². The lowest BCUT2D eigenvalue weighted by Gasteiger charge is -2.15. The third-order valence-electron chi connectivity index (χ3n) is 7.55. The fraction of sp³-hybridized carbons (Fsp3) is 0.853. The first-order valence-corrected chi connectivity index (χ1v) is 17.0. The summed E-state index contributed by atoms with van der Waals surface area (Å²) in [5.74, 6) is -1.34. The fourth-order valence-electron chi connectivity index (χ4n) is 4.95. The molecule has 240 valence electrons. The molecule has 0 aromatic carbocycles. The summed E-state index contributed by atoms with van der Waals surface area (Å²) in [6.07, 6.45) is 28.7. The quantitative estimate of drug-likeness (QED) is 0.0446. The number of carboxylic acids is 1. The van der Waals surface area contributed by atoms with Crippen LogP contribution in [0.2, 0.25) is 0 Å². The highest BCUT2D eigenvalue weighted by Crippen LogP contribution is 2.15. The molecule has 0 rings (SSSR count). The van der Waals surface area contributed by atoms with E-state index in [-0.39, 0.29) is 18.0 Å². The van der Waals surface area contributed by atoms with Crippen LogP contribution in [-0.4, -0.2) is 41.6 Å². The number of hydrogen-bond acceptors (Lipinski definition) is 5. The normalized spacial score (nSPS) is 12.9. The number of hydrogen-bond donors (Lipinski definition) is 3. The van der Waals surface area contributed by atoms with Gasteiger partial charge in [0.15, 0.2) is 0 Å². The van der Waals surface area contributed by atoms with Crippen LogP contribution in [0, 0.1) is 0 Å². The first-order valence-electron chi connectivity index (χ1n) is 17.0. The van der Waals surface area contributed by atoms with Crippen molar-refractivity contribution in [3.05, 3.63) is 12.2 Å². The van der Waals surface area contributed by atoms with Crippen molar-refractivity contribution in [3.8, 4) is 0 Å². The highest BCUT2D eigenvalue weighted by molar-refractivity contribution is 5.83. The number of carbonyl (C=O) groups excluding carboxylic acids is 2. The molecule has 0 aromatic rings. The van der Waals surface area contributed by atoms with Gasteiger partial charge in [0, 0.05) is 12.8 Å². The van der Waals surface area contributed by atoms with E-state index in [9.17, 15) is 19.5 Å². The number of allylic oxidation sites excluding steroid dienone is 1. The van der Waals surface area contributed by atoms with Crippen molar-refractivity contribution >= 4 is 17.8 Å². The maximum Gasteiger partial charge on any atom is 0.326 e. The second-order valence-electron chi connectivity index (χ2n) is 11.6. The first kappa shape index (κ1) is 39.1. The predicted octanol–water partition coefficient (Wildman–Crippen LogP) is 8.38. The molecule has 7 nitrogen and oxygen atoms in total. The number of nitrogens with one attached hydrogen (secondary N) is 1. The summed E-state index contributed by atoms with van der Waals surface area (Å²) in [6, 6.07) is -0.865. The Labute approximate surface area is 251 Å². The van der Waals surface area contributed by atoms with Crippen molar-refractivity contribution in [1.82, 2.24) is 5.32 Å². The van der Waals surface area contributed by atoms with Crippen LogP contribution in [0.25, 0.3) is 0 Å². The van der Waals surface area contributed by atoms with E-state index in [0.29, 0.717) is 38.6 Å². The van der Waals surface area contributed by atoms with Crippen LogP contribution >= 0.6 is 0 Å². The molecule has 2 atom stereocenters. The highest BCUT2D eigenvalue weighted by Gasteiger charge is 2.18. The molecule has 0 aliphatic carbocycles. The average Bonchev–Trinajstić information content (AvgIpc) is 2.95. The van der Waals surface area contributed by atoms with Crippen LogP contribution in [0.4, 0.5) is 0 Å². The molecule has 0 saturated carbocycles. The molecule has 1 amide bonds. The Morgan fingerprint density at radius 3 is 1.78 bits per heavy atom. The maximum atomic E-state index is 12.5. The monoisotopic (exact) mass is 580 g/mol. The van der Waals surface area contributed by atoms with Gasteiger partial charge >= 0.3 is 11.9 Å². The van der Waals surface area contributed by atoms with Gasteiger partial charge in [0.2, 0.25) is 5.91 Å². The average molecular weight is 581 g/mol. The summed E-state index contributed by atoms with van der Waals surface area (Å²) in [6.45, 7) is 4.80. The Morgan fingerprint density at radius 2 is 1.24 bits per heavy atom. The van der Waals surface area contributed by atoms with Gasteiger partial charge in [-0.15, -0.1) is 0 Å².